The number of carbonyl (C=O) groups is 3. The lowest BCUT2D eigenvalue weighted by Gasteiger charge is -2.37. The number of imide groups is 1. The van der Waals surface area contributed by atoms with E-state index in [0.29, 0.717) is 18.5 Å². The molecule has 8 nitrogen and oxygen atoms in total. The van der Waals surface area contributed by atoms with Gasteiger partial charge in [0, 0.05) is 37.7 Å². The minimum Gasteiger partial charge on any atom is -0.487 e. The predicted octanol–water partition coefficient (Wildman–Crippen LogP) is 1.69. The molecule has 8 heteroatoms. The standard InChI is InChI=1S/C26H30N4O4/c1-29-12-11-21(27-14-17-5-3-2-4-6-17)23(16-29)34-19-7-8-20-18(13-19)15-30(26(20)33)22-9-10-24(31)28-25(22)32/h2-8,13,21-23,27H,9-12,14-16H2,1H3,(H,28,31,32). The average Bonchev–Trinajstić information content (AvgIpc) is 3.15. The molecule has 0 bridgehead atoms. The highest BCUT2D eigenvalue weighted by molar-refractivity contribution is 6.05. The van der Waals surface area contributed by atoms with E-state index in [0.717, 1.165) is 37.4 Å². The van der Waals surface area contributed by atoms with Gasteiger partial charge in [-0.1, -0.05) is 30.3 Å². The van der Waals surface area contributed by atoms with Crippen molar-refractivity contribution in [1.82, 2.24) is 20.4 Å². The van der Waals surface area contributed by atoms with Crippen molar-refractivity contribution in [2.24, 2.45) is 0 Å². The van der Waals surface area contributed by atoms with Crippen molar-refractivity contribution in [3.8, 4) is 5.75 Å². The van der Waals surface area contributed by atoms with Gasteiger partial charge in [-0.2, -0.15) is 0 Å². The Morgan fingerprint density at radius 1 is 1.09 bits per heavy atom. The molecule has 178 valence electrons. The SMILES string of the molecule is CN1CCC(NCc2ccccc2)C(Oc2ccc3c(c2)CN(C2CCC(=O)NC2=O)C3=O)C1. The van der Waals surface area contributed by atoms with Gasteiger partial charge in [-0.15, -0.1) is 0 Å². The smallest absolute Gasteiger partial charge is 0.255 e. The third-order valence-corrected chi connectivity index (χ3v) is 6.96. The zero-order chi connectivity index (χ0) is 23.7. The van der Waals surface area contributed by atoms with Gasteiger partial charge < -0.3 is 19.9 Å². The zero-order valence-corrected chi connectivity index (χ0v) is 19.3. The molecule has 2 aromatic rings. The lowest BCUT2D eigenvalue weighted by Crippen LogP contribution is -2.53. The van der Waals surface area contributed by atoms with Crippen LogP contribution in [0.4, 0.5) is 0 Å². The number of likely N-dealkylation sites (N-methyl/N-ethyl adjacent to an activating group) is 1. The normalized spacial score (nSPS) is 25.3. The average molecular weight is 463 g/mol. The highest BCUT2D eigenvalue weighted by atomic mass is 16.5. The Balaban J connectivity index is 1.27. The maximum Gasteiger partial charge on any atom is 0.255 e. The van der Waals surface area contributed by atoms with Gasteiger partial charge >= 0.3 is 0 Å². The van der Waals surface area contributed by atoms with Crippen LogP contribution in [-0.2, 0) is 22.7 Å². The van der Waals surface area contributed by atoms with E-state index in [1.807, 2.05) is 30.3 Å². The number of rotatable bonds is 6. The molecule has 3 unspecified atom stereocenters. The summed E-state index contributed by atoms with van der Waals surface area (Å²) in [6.45, 7) is 2.95. The van der Waals surface area contributed by atoms with E-state index in [1.165, 1.54) is 5.56 Å². The van der Waals surface area contributed by atoms with E-state index < -0.39 is 11.9 Å². The molecule has 2 fully saturated rings. The number of ether oxygens (including phenoxy) is 1. The van der Waals surface area contributed by atoms with Crippen LogP contribution in [0.25, 0.3) is 0 Å². The molecule has 3 aliphatic heterocycles. The molecule has 0 aliphatic carbocycles. The number of hydrogen-bond acceptors (Lipinski definition) is 6. The molecule has 2 aromatic carbocycles. The fraction of sp³-hybridized carbons (Fsp3) is 0.423. The van der Waals surface area contributed by atoms with E-state index in [1.54, 1.807) is 11.0 Å². The van der Waals surface area contributed by atoms with Crippen molar-refractivity contribution in [3.05, 3.63) is 65.2 Å². The minimum absolute atomic E-state index is 0.0242. The quantitative estimate of drug-likeness (QED) is 0.635. The molecule has 2 saturated heterocycles. The number of hydrogen-bond donors (Lipinski definition) is 2. The Labute approximate surface area is 199 Å². The first kappa shape index (κ1) is 22.6. The van der Waals surface area contributed by atoms with Crippen LogP contribution in [0.3, 0.4) is 0 Å². The molecule has 0 spiro atoms. The van der Waals surface area contributed by atoms with Crippen molar-refractivity contribution < 1.29 is 19.1 Å². The maximum absolute atomic E-state index is 12.9. The number of piperidine rings is 2. The summed E-state index contributed by atoms with van der Waals surface area (Å²) < 4.78 is 6.45. The van der Waals surface area contributed by atoms with E-state index in [2.05, 4.69) is 34.7 Å². The van der Waals surface area contributed by atoms with Gasteiger partial charge in [0.2, 0.25) is 11.8 Å². The molecular formula is C26H30N4O4. The van der Waals surface area contributed by atoms with Crippen LogP contribution in [-0.4, -0.2) is 65.8 Å². The second-order valence-corrected chi connectivity index (χ2v) is 9.40. The molecule has 3 amide bonds. The third kappa shape index (κ3) is 4.69. The molecule has 2 N–H and O–H groups in total. The van der Waals surface area contributed by atoms with E-state index in [4.69, 9.17) is 4.74 Å². The molecule has 0 saturated carbocycles. The van der Waals surface area contributed by atoms with Crippen LogP contribution in [0.5, 0.6) is 5.75 Å². The third-order valence-electron chi connectivity index (χ3n) is 6.96. The number of carbonyl (C=O) groups excluding carboxylic acids is 3. The Morgan fingerprint density at radius 2 is 1.91 bits per heavy atom. The van der Waals surface area contributed by atoms with Crippen LogP contribution in [0.15, 0.2) is 48.5 Å². The van der Waals surface area contributed by atoms with Crippen molar-refractivity contribution in [3.63, 3.8) is 0 Å². The summed E-state index contributed by atoms with van der Waals surface area (Å²) in [5.74, 6) is -0.125. The number of amides is 3. The first-order chi connectivity index (χ1) is 16.5. The van der Waals surface area contributed by atoms with Crippen LogP contribution < -0.4 is 15.4 Å². The zero-order valence-electron chi connectivity index (χ0n) is 19.3. The number of nitrogens with zero attached hydrogens (tertiary/aromatic N) is 2. The molecule has 0 aromatic heterocycles. The van der Waals surface area contributed by atoms with Crippen molar-refractivity contribution in [2.45, 2.75) is 50.5 Å². The Kier molecular flexibility index (Phi) is 6.34. The molecule has 3 heterocycles. The van der Waals surface area contributed by atoms with E-state index in [-0.39, 0.29) is 30.4 Å². The molecule has 3 atom stereocenters. The fourth-order valence-corrected chi connectivity index (χ4v) is 5.07. The van der Waals surface area contributed by atoms with Gasteiger partial charge in [0.1, 0.15) is 17.9 Å². The number of benzene rings is 2. The largest absolute Gasteiger partial charge is 0.487 e. The summed E-state index contributed by atoms with van der Waals surface area (Å²) in [6, 6.07) is 15.5. The van der Waals surface area contributed by atoms with Gasteiger partial charge in [0.05, 0.1) is 0 Å². The predicted molar refractivity (Wildman–Crippen MR) is 126 cm³/mol. The molecule has 0 radical (unpaired) electrons. The first-order valence-electron chi connectivity index (χ1n) is 11.9. The minimum atomic E-state index is -0.611. The molecule has 3 aliphatic rings. The van der Waals surface area contributed by atoms with Gasteiger partial charge in [0.15, 0.2) is 0 Å². The summed E-state index contributed by atoms with van der Waals surface area (Å²) in [7, 11) is 2.10. The van der Waals surface area contributed by atoms with Crippen molar-refractivity contribution in [2.75, 3.05) is 20.1 Å². The number of nitrogens with one attached hydrogen (secondary N) is 2. The van der Waals surface area contributed by atoms with Gasteiger partial charge in [-0.05, 0) is 55.8 Å². The lowest BCUT2D eigenvalue weighted by atomic mass is 10.0. The summed E-state index contributed by atoms with van der Waals surface area (Å²) in [5, 5.41) is 6.00. The van der Waals surface area contributed by atoms with Gasteiger partial charge in [-0.3, -0.25) is 19.7 Å². The topological polar surface area (TPSA) is 91.0 Å². The lowest BCUT2D eigenvalue weighted by molar-refractivity contribution is -0.136. The second-order valence-electron chi connectivity index (χ2n) is 9.40. The van der Waals surface area contributed by atoms with Crippen LogP contribution in [0.2, 0.25) is 0 Å². The number of fused-ring (bicyclic) bond motifs is 1. The summed E-state index contributed by atoms with van der Waals surface area (Å²) in [6.07, 6.45) is 1.57. The molecule has 34 heavy (non-hydrogen) atoms. The highest BCUT2D eigenvalue weighted by Gasteiger charge is 2.39. The van der Waals surface area contributed by atoms with Crippen LogP contribution >= 0.6 is 0 Å². The van der Waals surface area contributed by atoms with Gasteiger partial charge in [-0.25, -0.2) is 0 Å². The summed E-state index contributed by atoms with van der Waals surface area (Å²) in [4.78, 5) is 40.5. The number of likely N-dealkylation sites (tertiary alicyclic amines) is 1. The maximum atomic E-state index is 12.9. The molecule has 5 rings (SSSR count). The monoisotopic (exact) mass is 462 g/mol. The first-order valence-corrected chi connectivity index (χ1v) is 11.9. The van der Waals surface area contributed by atoms with Crippen molar-refractivity contribution in [1.29, 1.82) is 0 Å². The fourth-order valence-electron chi connectivity index (χ4n) is 5.07. The highest BCUT2D eigenvalue weighted by Crippen LogP contribution is 2.31. The Morgan fingerprint density at radius 3 is 2.71 bits per heavy atom. The van der Waals surface area contributed by atoms with Crippen LogP contribution in [0, 0.1) is 0 Å². The summed E-state index contributed by atoms with van der Waals surface area (Å²) in [5.41, 5.74) is 2.69. The van der Waals surface area contributed by atoms with Crippen molar-refractivity contribution >= 4 is 17.7 Å². The Hall–Kier alpha value is -3.23. The van der Waals surface area contributed by atoms with Gasteiger partial charge in [0.25, 0.3) is 5.91 Å². The Bertz CT molecular complexity index is 1090. The molecular weight excluding hydrogens is 432 g/mol. The summed E-state index contributed by atoms with van der Waals surface area (Å²) >= 11 is 0. The van der Waals surface area contributed by atoms with E-state index in [9.17, 15) is 14.4 Å². The second kappa shape index (κ2) is 9.56. The van der Waals surface area contributed by atoms with E-state index >= 15 is 0 Å². The van der Waals surface area contributed by atoms with Crippen LogP contribution in [0.1, 0.15) is 40.7 Å².